The average Bonchev–Trinajstić information content (AvgIpc) is 3.23. The molecule has 188 valence electrons. The smallest absolute Gasteiger partial charge is 0.317 e. The summed E-state index contributed by atoms with van der Waals surface area (Å²) in [5, 5.41) is 0.741. The maximum atomic E-state index is 13.6. The van der Waals surface area contributed by atoms with Crippen LogP contribution in [0.2, 0.25) is 0 Å². The third-order valence-electron chi connectivity index (χ3n) is 8.99. The predicted molar refractivity (Wildman–Crippen MR) is 143 cm³/mol. The van der Waals surface area contributed by atoms with Crippen LogP contribution in [0.1, 0.15) is 61.8 Å². The number of nitrogens with one attached hydrogen (secondary N) is 1. The number of benzene rings is 1. The number of rotatable bonds is 4. The molecule has 0 saturated heterocycles. The summed E-state index contributed by atoms with van der Waals surface area (Å²) in [5.74, 6) is 3.21. The Bertz CT molecular complexity index is 1420. The van der Waals surface area contributed by atoms with Gasteiger partial charge in [0.25, 0.3) is 5.56 Å². The number of carbonyl (C=O) groups is 1. The summed E-state index contributed by atoms with van der Waals surface area (Å²) in [6, 6.07) is 3.65. The SMILES string of the molecule is COc1cc(-c2nc3sc4c(c3c(=O)[nH]2)CCCC4)cc(Br)c1OC(=O)C12CC3CC(CC(C3)C1)C2. The molecule has 8 heteroatoms. The number of aromatic nitrogens is 2. The molecule has 1 aromatic carbocycles. The maximum Gasteiger partial charge on any atom is 0.317 e. The molecular weight excluding hydrogens is 540 g/mol. The number of halogens is 1. The van der Waals surface area contributed by atoms with Crippen LogP contribution < -0.4 is 15.0 Å². The lowest BCUT2D eigenvalue weighted by molar-refractivity contribution is -0.161. The van der Waals surface area contributed by atoms with Crippen molar-refractivity contribution in [2.45, 2.75) is 64.2 Å². The molecule has 2 aromatic heterocycles. The number of aryl methyl sites for hydroxylation is 2. The van der Waals surface area contributed by atoms with E-state index in [1.807, 2.05) is 6.07 Å². The Balaban J connectivity index is 1.22. The molecule has 0 radical (unpaired) electrons. The Kier molecular flexibility index (Phi) is 5.37. The van der Waals surface area contributed by atoms with Crippen LogP contribution in [0.4, 0.5) is 0 Å². The zero-order chi connectivity index (χ0) is 24.6. The van der Waals surface area contributed by atoms with Crippen LogP contribution in [-0.2, 0) is 17.6 Å². The van der Waals surface area contributed by atoms with Crippen LogP contribution in [0, 0.1) is 23.2 Å². The van der Waals surface area contributed by atoms with E-state index in [0.717, 1.165) is 55.2 Å². The fraction of sp³-hybridized carbons (Fsp3) is 0.536. The van der Waals surface area contributed by atoms with Crippen molar-refractivity contribution < 1.29 is 14.3 Å². The standard InChI is InChI=1S/C28H29BrN2O4S/c1-34-20-10-17(24-30-25(32)22-18-4-2-3-5-21(18)36-26(22)31-24)9-19(29)23(20)35-27(33)28-11-14-6-15(12-28)8-16(7-14)13-28/h9-10,14-16H,2-8,11-13H2,1H3,(H,30,31,32). The van der Waals surface area contributed by atoms with Crippen LogP contribution in [0.25, 0.3) is 21.6 Å². The van der Waals surface area contributed by atoms with E-state index >= 15 is 0 Å². The minimum Gasteiger partial charge on any atom is -0.493 e. The quantitative estimate of drug-likeness (QED) is 0.290. The molecule has 4 saturated carbocycles. The van der Waals surface area contributed by atoms with Gasteiger partial charge in [-0.25, -0.2) is 4.98 Å². The minimum atomic E-state index is -0.353. The van der Waals surface area contributed by atoms with Gasteiger partial charge in [0.15, 0.2) is 11.5 Å². The van der Waals surface area contributed by atoms with Crippen molar-refractivity contribution in [3.8, 4) is 22.9 Å². The highest BCUT2D eigenvalue weighted by atomic mass is 79.9. The molecule has 4 fully saturated rings. The van der Waals surface area contributed by atoms with Gasteiger partial charge in [-0.2, -0.15) is 0 Å². The molecule has 0 amide bonds. The van der Waals surface area contributed by atoms with Gasteiger partial charge in [-0.05, 0) is 116 Å². The number of aromatic amines is 1. The van der Waals surface area contributed by atoms with Crippen LogP contribution in [0.5, 0.6) is 11.5 Å². The Morgan fingerprint density at radius 1 is 1.11 bits per heavy atom. The van der Waals surface area contributed by atoms with Gasteiger partial charge < -0.3 is 14.5 Å². The molecule has 36 heavy (non-hydrogen) atoms. The Labute approximate surface area is 221 Å². The zero-order valence-corrected chi connectivity index (χ0v) is 22.7. The third kappa shape index (κ3) is 3.58. The van der Waals surface area contributed by atoms with Gasteiger partial charge in [0.2, 0.25) is 0 Å². The van der Waals surface area contributed by atoms with Gasteiger partial charge in [0.05, 0.1) is 22.4 Å². The number of methoxy groups -OCH3 is 1. The second kappa shape index (κ2) is 8.42. The van der Waals surface area contributed by atoms with Gasteiger partial charge in [-0.1, -0.05) is 0 Å². The lowest BCUT2D eigenvalue weighted by Crippen LogP contribution is -2.51. The first-order chi connectivity index (χ1) is 17.4. The summed E-state index contributed by atoms with van der Waals surface area (Å²) >= 11 is 5.25. The topological polar surface area (TPSA) is 81.3 Å². The molecule has 2 heterocycles. The molecule has 5 aliphatic carbocycles. The molecule has 1 N–H and O–H groups in total. The van der Waals surface area contributed by atoms with Crippen molar-refractivity contribution in [1.29, 1.82) is 0 Å². The highest BCUT2D eigenvalue weighted by Gasteiger charge is 2.55. The number of carbonyl (C=O) groups excluding carboxylic acids is 1. The van der Waals surface area contributed by atoms with Gasteiger partial charge in [-0.3, -0.25) is 9.59 Å². The molecule has 0 spiro atoms. The maximum absolute atomic E-state index is 13.6. The van der Waals surface area contributed by atoms with Gasteiger partial charge in [0, 0.05) is 10.4 Å². The molecule has 5 aliphatic rings. The second-order valence-corrected chi connectivity index (χ2v) is 13.3. The highest BCUT2D eigenvalue weighted by Crippen LogP contribution is 2.60. The molecule has 0 aliphatic heterocycles. The van der Waals surface area contributed by atoms with Gasteiger partial charge in [-0.15, -0.1) is 11.3 Å². The van der Waals surface area contributed by atoms with Crippen molar-refractivity contribution in [2.75, 3.05) is 7.11 Å². The summed E-state index contributed by atoms with van der Waals surface area (Å²) in [6.45, 7) is 0. The number of fused-ring (bicyclic) bond motifs is 3. The van der Waals surface area contributed by atoms with Crippen LogP contribution in [0.15, 0.2) is 21.4 Å². The lowest BCUT2D eigenvalue weighted by Gasteiger charge is -2.55. The summed E-state index contributed by atoms with van der Waals surface area (Å²) in [7, 11) is 1.57. The number of ether oxygens (including phenoxy) is 2. The fourth-order valence-corrected chi connectivity index (χ4v) is 9.60. The first kappa shape index (κ1) is 23.0. The number of hydrogen-bond acceptors (Lipinski definition) is 6. The minimum absolute atomic E-state index is 0.0955. The Hall–Kier alpha value is -2.19. The van der Waals surface area contributed by atoms with Gasteiger partial charge in [0.1, 0.15) is 10.7 Å². The third-order valence-corrected chi connectivity index (χ3v) is 10.8. The summed E-state index contributed by atoms with van der Waals surface area (Å²) < 4.78 is 12.4. The van der Waals surface area contributed by atoms with Crippen LogP contribution in [0.3, 0.4) is 0 Å². The van der Waals surface area contributed by atoms with Crippen molar-refractivity contribution >= 4 is 43.5 Å². The zero-order valence-electron chi connectivity index (χ0n) is 20.3. The molecular formula is C28H29BrN2O4S. The van der Waals surface area contributed by atoms with Crippen molar-refractivity contribution in [3.63, 3.8) is 0 Å². The van der Waals surface area contributed by atoms with Crippen molar-refractivity contribution in [2.24, 2.45) is 23.2 Å². The van der Waals surface area contributed by atoms with E-state index in [0.29, 0.717) is 45.1 Å². The molecule has 6 nitrogen and oxygen atoms in total. The Morgan fingerprint density at radius 3 is 2.50 bits per heavy atom. The monoisotopic (exact) mass is 568 g/mol. The largest absolute Gasteiger partial charge is 0.493 e. The number of H-pyrrole nitrogens is 1. The number of esters is 1. The van der Waals surface area contributed by atoms with Crippen molar-refractivity contribution in [1.82, 2.24) is 9.97 Å². The van der Waals surface area contributed by atoms with Crippen LogP contribution in [-0.4, -0.2) is 23.0 Å². The second-order valence-electron chi connectivity index (χ2n) is 11.4. The first-order valence-electron chi connectivity index (χ1n) is 13.1. The highest BCUT2D eigenvalue weighted by molar-refractivity contribution is 9.10. The normalized spacial score (nSPS) is 28.3. The summed E-state index contributed by atoms with van der Waals surface area (Å²) in [4.78, 5) is 36.5. The number of thiophene rings is 1. The van der Waals surface area contributed by atoms with E-state index < -0.39 is 0 Å². The molecule has 0 unspecified atom stereocenters. The van der Waals surface area contributed by atoms with E-state index in [2.05, 4.69) is 20.9 Å². The summed E-state index contributed by atoms with van der Waals surface area (Å²) in [6.07, 6.45) is 10.9. The number of hydrogen-bond donors (Lipinski definition) is 1. The van der Waals surface area contributed by atoms with Crippen molar-refractivity contribution in [3.05, 3.63) is 37.4 Å². The predicted octanol–water partition coefficient (Wildman–Crippen LogP) is 6.42. The van der Waals surface area contributed by atoms with E-state index in [9.17, 15) is 9.59 Å². The Morgan fingerprint density at radius 2 is 1.81 bits per heavy atom. The van der Waals surface area contributed by atoms with E-state index in [-0.39, 0.29) is 16.9 Å². The molecule has 4 bridgehead atoms. The van der Waals surface area contributed by atoms with E-state index in [1.165, 1.54) is 29.7 Å². The first-order valence-corrected chi connectivity index (χ1v) is 14.7. The molecule has 8 rings (SSSR count). The van der Waals surface area contributed by atoms with Crippen LogP contribution >= 0.6 is 27.3 Å². The lowest BCUT2D eigenvalue weighted by atomic mass is 9.49. The summed E-state index contributed by atoms with van der Waals surface area (Å²) in [5.41, 5.74) is 1.43. The van der Waals surface area contributed by atoms with E-state index in [4.69, 9.17) is 14.5 Å². The van der Waals surface area contributed by atoms with E-state index in [1.54, 1.807) is 24.5 Å². The molecule has 3 aromatic rings. The molecule has 0 atom stereocenters. The fourth-order valence-electron chi connectivity index (χ4n) is 7.82. The number of nitrogens with zero attached hydrogens (tertiary/aromatic N) is 1. The average molecular weight is 570 g/mol. The van der Waals surface area contributed by atoms with Gasteiger partial charge >= 0.3 is 5.97 Å².